The Morgan fingerprint density at radius 3 is 2.50 bits per heavy atom. The zero-order valence-corrected chi connectivity index (χ0v) is 16.6. The van der Waals surface area contributed by atoms with Crippen LogP contribution in [0.2, 0.25) is 0 Å². The molecule has 0 unspecified atom stereocenters. The van der Waals surface area contributed by atoms with E-state index >= 15 is 0 Å². The van der Waals surface area contributed by atoms with E-state index in [9.17, 15) is 13.2 Å². The van der Waals surface area contributed by atoms with Crippen LogP contribution in [0.5, 0.6) is 5.75 Å². The first-order valence-corrected chi connectivity index (χ1v) is 9.85. The van der Waals surface area contributed by atoms with Crippen molar-refractivity contribution in [2.24, 2.45) is 0 Å². The van der Waals surface area contributed by atoms with Crippen molar-refractivity contribution in [2.45, 2.75) is 31.1 Å². The lowest BCUT2D eigenvalue weighted by Gasteiger charge is -2.12. The van der Waals surface area contributed by atoms with E-state index in [1.54, 1.807) is 18.2 Å². The van der Waals surface area contributed by atoms with Crippen LogP contribution in [0.1, 0.15) is 37.0 Å². The molecule has 2 N–H and O–H groups in total. The normalized spacial score (nSPS) is 12.1. The third-order valence-electron chi connectivity index (χ3n) is 3.98. The number of fused-ring (bicyclic) bond motifs is 1. The van der Waals surface area contributed by atoms with Gasteiger partial charge in [0.05, 0.1) is 18.4 Å². The standard InChI is InChI=1S/C19H20N2O6S/c1-19(2,3)18-20-13-10-12(6-8-14(13)27-18)21-28(24,25)16-9-11(17(22)23)5-7-15(16)26-4/h5-10,21H,1-4H3,(H,22,23). The number of hydrogen-bond acceptors (Lipinski definition) is 6. The van der Waals surface area contributed by atoms with E-state index in [-0.39, 0.29) is 27.3 Å². The summed E-state index contributed by atoms with van der Waals surface area (Å²) in [6.45, 7) is 5.88. The second kappa shape index (κ2) is 6.83. The maximum absolute atomic E-state index is 12.8. The number of carboxylic acids is 1. The van der Waals surface area contributed by atoms with Crippen molar-refractivity contribution < 1.29 is 27.5 Å². The van der Waals surface area contributed by atoms with Crippen molar-refractivity contribution in [1.29, 1.82) is 0 Å². The van der Waals surface area contributed by atoms with E-state index in [0.29, 0.717) is 17.0 Å². The number of benzene rings is 2. The van der Waals surface area contributed by atoms with Crippen LogP contribution < -0.4 is 9.46 Å². The number of oxazole rings is 1. The lowest BCUT2D eigenvalue weighted by molar-refractivity contribution is 0.0696. The molecule has 2 aromatic carbocycles. The Labute approximate surface area is 162 Å². The summed E-state index contributed by atoms with van der Waals surface area (Å²) in [6.07, 6.45) is 0. The molecule has 0 fully saturated rings. The molecule has 0 bridgehead atoms. The minimum absolute atomic E-state index is 0.0371. The number of ether oxygens (including phenoxy) is 1. The van der Waals surface area contributed by atoms with Crippen molar-refractivity contribution in [3.05, 3.63) is 47.9 Å². The number of aromatic nitrogens is 1. The van der Waals surface area contributed by atoms with Gasteiger partial charge in [-0.15, -0.1) is 0 Å². The van der Waals surface area contributed by atoms with E-state index in [1.165, 1.54) is 19.2 Å². The minimum atomic E-state index is -4.10. The third-order valence-corrected chi connectivity index (χ3v) is 5.38. The van der Waals surface area contributed by atoms with Gasteiger partial charge in [0.15, 0.2) is 5.58 Å². The molecule has 0 saturated carbocycles. The minimum Gasteiger partial charge on any atom is -0.495 e. The fraction of sp³-hybridized carbons (Fsp3) is 0.263. The van der Waals surface area contributed by atoms with Crippen LogP contribution in [-0.4, -0.2) is 31.6 Å². The average Bonchev–Trinajstić information content (AvgIpc) is 3.04. The van der Waals surface area contributed by atoms with Gasteiger partial charge in [-0.3, -0.25) is 4.72 Å². The first-order chi connectivity index (χ1) is 13.0. The summed E-state index contributed by atoms with van der Waals surface area (Å²) in [4.78, 5) is 15.3. The summed E-state index contributed by atoms with van der Waals surface area (Å²) in [5, 5.41) is 9.14. The summed E-state index contributed by atoms with van der Waals surface area (Å²) in [5.74, 6) is -0.661. The Hall–Kier alpha value is -3.07. The molecule has 28 heavy (non-hydrogen) atoms. The number of sulfonamides is 1. The molecule has 0 saturated heterocycles. The number of methoxy groups -OCH3 is 1. The highest BCUT2D eigenvalue weighted by molar-refractivity contribution is 7.92. The van der Waals surface area contributed by atoms with Gasteiger partial charge in [-0.1, -0.05) is 20.8 Å². The van der Waals surface area contributed by atoms with Crippen LogP contribution >= 0.6 is 0 Å². The number of nitrogens with one attached hydrogen (secondary N) is 1. The van der Waals surface area contributed by atoms with Gasteiger partial charge >= 0.3 is 5.97 Å². The summed E-state index contributed by atoms with van der Waals surface area (Å²) in [7, 11) is -2.79. The molecule has 9 heteroatoms. The van der Waals surface area contributed by atoms with Crippen LogP contribution in [-0.2, 0) is 15.4 Å². The predicted octanol–water partition coefficient (Wildman–Crippen LogP) is 3.63. The van der Waals surface area contributed by atoms with Crippen molar-refractivity contribution in [1.82, 2.24) is 4.98 Å². The number of nitrogens with zero attached hydrogens (tertiary/aromatic N) is 1. The van der Waals surface area contributed by atoms with Gasteiger partial charge in [0.2, 0.25) is 5.89 Å². The van der Waals surface area contributed by atoms with Crippen LogP contribution in [0.3, 0.4) is 0 Å². The maximum Gasteiger partial charge on any atom is 0.335 e. The van der Waals surface area contributed by atoms with E-state index in [4.69, 9.17) is 14.3 Å². The lowest BCUT2D eigenvalue weighted by atomic mass is 9.97. The number of anilines is 1. The van der Waals surface area contributed by atoms with Gasteiger partial charge in [0, 0.05) is 5.41 Å². The Morgan fingerprint density at radius 1 is 1.18 bits per heavy atom. The Bertz CT molecular complexity index is 1160. The first-order valence-electron chi connectivity index (χ1n) is 8.36. The number of aromatic carboxylic acids is 1. The summed E-state index contributed by atoms with van der Waals surface area (Å²) < 4.78 is 38.9. The molecule has 0 aliphatic rings. The Morgan fingerprint density at radius 2 is 1.89 bits per heavy atom. The van der Waals surface area contributed by atoms with Gasteiger partial charge in [-0.2, -0.15) is 0 Å². The largest absolute Gasteiger partial charge is 0.495 e. The molecule has 8 nitrogen and oxygen atoms in total. The van der Waals surface area contributed by atoms with Gasteiger partial charge in [-0.05, 0) is 36.4 Å². The topological polar surface area (TPSA) is 119 Å². The highest BCUT2D eigenvalue weighted by atomic mass is 32.2. The second-order valence-electron chi connectivity index (χ2n) is 7.23. The van der Waals surface area contributed by atoms with Crippen LogP contribution in [0.25, 0.3) is 11.1 Å². The number of carbonyl (C=O) groups is 1. The second-order valence-corrected chi connectivity index (χ2v) is 8.88. The van der Waals surface area contributed by atoms with Gasteiger partial charge < -0.3 is 14.3 Å². The summed E-state index contributed by atoms with van der Waals surface area (Å²) >= 11 is 0. The number of carboxylic acid groups (broad SMARTS) is 1. The van der Waals surface area contributed by atoms with Crippen molar-refractivity contribution >= 4 is 32.8 Å². The molecule has 0 aliphatic carbocycles. The van der Waals surface area contributed by atoms with Crippen LogP contribution in [0, 0.1) is 0 Å². The molecule has 148 valence electrons. The molecule has 3 aromatic rings. The van der Waals surface area contributed by atoms with Crippen molar-refractivity contribution in [3.8, 4) is 5.75 Å². The molecule has 0 aliphatic heterocycles. The average molecular weight is 404 g/mol. The maximum atomic E-state index is 12.8. The molecular formula is C19H20N2O6S. The monoisotopic (exact) mass is 404 g/mol. The summed E-state index contributed by atoms with van der Waals surface area (Å²) in [5.41, 5.74) is 0.866. The van der Waals surface area contributed by atoms with Gasteiger partial charge in [-0.25, -0.2) is 18.2 Å². The van der Waals surface area contributed by atoms with Gasteiger partial charge in [0.25, 0.3) is 10.0 Å². The van der Waals surface area contributed by atoms with Crippen molar-refractivity contribution in [3.63, 3.8) is 0 Å². The highest BCUT2D eigenvalue weighted by Crippen LogP contribution is 2.30. The fourth-order valence-corrected chi connectivity index (χ4v) is 3.79. The molecular weight excluding hydrogens is 384 g/mol. The smallest absolute Gasteiger partial charge is 0.335 e. The highest BCUT2D eigenvalue weighted by Gasteiger charge is 2.24. The number of rotatable bonds is 5. The molecule has 3 rings (SSSR count). The summed E-state index contributed by atoms with van der Waals surface area (Å²) in [6, 6.07) is 8.35. The molecule has 0 spiro atoms. The van der Waals surface area contributed by atoms with E-state index in [2.05, 4.69) is 9.71 Å². The van der Waals surface area contributed by atoms with E-state index < -0.39 is 16.0 Å². The Kier molecular flexibility index (Phi) is 4.80. The molecule has 1 aromatic heterocycles. The lowest BCUT2D eigenvalue weighted by Crippen LogP contribution is -2.15. The molecule has 0 atom stereocenters. The molecule has 0 radical (unpaired) electrons. The molecule has 0 amide bonds. The first kappa shape index (κ1) is 19.7. The van der Waals surface area contributed by atoms with Crippen LogP contribution in [0.4, 0.5) is 5.69 Å². The van der Waals surface area contributed by atoms with Crippen LogP contribution in [0.15, 0.2) is 45.7 Å². The number of hydrogen-bond donors (Lipinski definition) is 2. The third kappa shape index (κ3) is 3.79. The predicted molar refractivity (Wildman–Crippen MR) is 103 cm³/mol. The fourth-order valence-electron chi connectivity index (χ4n) is 2.54. The Balaban J connectivity index is 2.00. The molecule has 1 heterocycles. The quantitative estimate of drug-likeness (QED) is 0.666. The zero-order chi connectivity index (χ0) is 20.7. The van der Waals surface area contributed by atoms with E-state index in [0.717, 1.165) is 6.07 Å². The van der Waals surface area contributed by atoms with E-state index in [1.807, 2.05) is 20.8 Å². The SMILES string of the molecule is COc1ccc(C(=O)O)cc1S(=O)(=O)Nc1ccc2oc(C(C)(C)C)nc2c1. The van der Waals surface area contributed by atoms with Crippen molar-refractivity contribution in [2.75, 3.05) is 11.8 Å². The zero-order valence-electron chi connectivity index (χ0n) is 15.8. The van der Waals surface area contributed by atoms with Gasteiger partial charge in [0.1, 0.15) is 16.2 Å².